The number of para-hydroxylation sites is 3. The lowest BCUT2D eigenvalue weighted by Gasteiger charge is -2.35. The van der Waals surface area contributed by atoms with Crippen LogP contribution in [0.15, 0.2) is 209 Å². The van der Waals surface area contributed by atoms with Gasteiger partial charge in [-0.3, -0.25) is 0 Å². The molecule has 0 atom stereocenters. The molecule has 3 aliphatic rings. The van der Waals surface area contributed by atoms with Crippen molar-refractivity contribution in [2.45, 2.75) is 238 Å². The summed E-state index contributed by atoms with van der Waals surface area (Å²) in [6, 6.07) is 77.2. The molecule has 100 heavy (non-hydrogen) atoms. The van der Waals surface area contributed by atoms with Crippen LogP contribution in [-0.4, -0.2) is 0 Å². The zero-order chi connectivity index (χ0) is 68.2. The zero-order valence-corrected chi connectivity index (χ0v) is 61.1. The Balaban J connectivity index is 0.903. The van der Waals surface area contributed by atoms with E-state index in [0.717, 1.165) is 46.3 Å². The van der Waals surface area contributed by atoms with E-state index < -0.39 is 0 Å². The van der Waals surface area contributed by atoms with Gasteiger partial charge in [0.1, 0.15) is 22.3 Å². The summed E-state index contributed by atoms with van der Waals surface area (Å²) in [5.74, 6) is 0. The molecule has 2 heterocycles. The first-order valence-corrected chi connectivity index (χ1v) is 39.6. The second-order valence-corrected chi connectivity index (χ2v) is 31.0. The monoisotopic (exact) mass is 1320 g/mol. The minimum atomic E-state index is -0.329. The molecule has 3 nitrogen and oxygen atoms in total. The largest absolute Gasteiger partial charge is 0.456 e. The fourth-order valence-corrected chi connectivity index (χ4v) is 19.0. The Hall–Kier alpha value is -8.40. The third kappa shape index (κ3) is 12.4. The van der Waals surface area contributed by atoms with Gasteiger partial charge in [0.05, 0.1) is 0 Å². The Bertz CT molecular complexity index is 4790. The van der Waals surface area contributed by atoms with Crippen LogP contribution in [0.25, 0.3) is 99.5 Å². The van der Waals surface area contributed by atoms with Gasteiger partial charge in [0, 0.05) is 60.4 Å². The average molecular weight is 1320 g/mol. The normalized spacial score (nSPS) is 14.3. The minimum Gasteiger partial charge on any atom is -0.456 e. The standard InChI is InChI=1S/C97H107NO2/c1-7-11-15-19-23-37-59-96(60-38-24-20-16-12-8-2)81-57-58-89-92(76-45-33-35-47-87(76)99-89)91(81)80-67-84-79(66-85(80)96)74-55-53-73(64-83(74)97(84,61-39-25-21-17-13-9-3)62-40-26-22-18-14-10-4)98(71-43-31-28-32-44-71)72-54-56-75-82(63-72)95(5,6)86-65-78(70-51-49-69(50-52-70)68-41-29-27-30-42-68)94-93(90(75)86)77-46-34-36-48-88(77)100-94/h27-36,41-58,63-67H,7-26,37-40,59-62H2,1-6H3. The Morgan fingerprint density at radius 2 is 0.710 bits per heavy atom. The first kappa shape index (κ1) is 67.4. The molecule has 3 heteroatoms. The summed E-state index contributed by atoms with van der Waals surface area (Å²) in [4.78, 5) is 2.61. The predicted octanol–water partition coefficient (Wildman–Crippen LogP) is 30.1. The van der Waals surface area contributed by atoms with Crippen LogP contribution in [0.2, 0.25) is 0 Å². The molecule has 0 N–H and O–H groups in total. The first-order chi connectivity index (χ1) is 49.2. The van der Waals surface area contributed by atoms with Crippen molar-refractivity contribution in [3.8, 4) is 55.6 Å². The van der Waals surface area contributed by atoms with Crippen LogP contribution >= 0.6 is 0 Å². The second kappa shape index (κ2) is 29.7. The number of hydrogen-bond acceptors (Lipinski definition) is 3. The molecular formula is C97H107NO2. The number of unbranched alkanes of at least 4 members (excludes halogenated alkanes) is 20. The number of fused-ring (bicyclic) bond motifs is 17. The molecule has 10 aromatic carbocycles. The Morgan fingerprint density at radius 1 is 0.280 bits per heavy atom. The Labute approximate surface area is 597 Å². The van der Waals surface area contributed by atoms with Crippen LogP contribution in [0.1, 0.15) is 255 Å². The van der Waals surface area contributed by atoms with E-state index in [2.05, 4.69) is 247 Å². The van der Waals surface area contributed by atoms with Gasteiger partial charge in [0.15, 0.2) is 0 Å². The van der Waals surface area contributed by atoms with Gasteiger partial charge in [-0.25, -0.2) is 0 Å². The minimum absolute atomic E-state index is 0.0943. The summed E-state index contributed by atoms with van der Waals surface area (Å²) in [5, 5.41) is 4.96. The molecule has 0 spiro atoms. The van der Waals surface area contributed by atoms with Crippen molar-refractivity contribution in [2.24, 2.45) is 0 Å². The van der Waals surface area contributed by atoms with Gasteiger partial charge in [0.2, 0.25) is 0 Å². The predicted molar refractivity (Wildman–Crippen MR) is 429 cm³/mol. The van der Waals surface area contributed by atoms with E-state index in [0.29, 0.717) is 0 Å². The van der Waals surface area contributed by atoms with Crippen LogP contribution in [-0.2, 0) is 16.2 Å². The maximum absolute atomic E-state index is 7.03. The highest BCUT2D eigenvalue weighted by atomic mass is 16.3. The molecule has 0 saturated heterocycles. The van der Waals surface area contributed by atoms with Crippen molar-refractivity contribution < 1.29 is 8.83 Å². The van der Waals surface area contributed by atoms with Crippen molar-refractivity contribution in [1.82, 2.24) is 0 Å². The van der Waals surface area contributed by atoms with Crippen LogP contribution in [0.5, 0.6) is 0 Å². The lowest BCUT2D eigenvalue weighted by molar-refractivity contribution is 0.394. The van der Waals surface area contributed by atoms with Crippen molar-refractivity contribution in [3.05, 3.63) is 234 Å². The van der Waals surface area contributed by atoms with Gasteiger partial charge < -0.3 is 13.7 Å². The second-order valence-electron chi connectivity index (χ2n) is 31.0. The number of furan rings is 2. The third-order valence-corrected chi connectivity index (χ3v) is 24.3. The molecule has 0 bridgehead atoms. The summed E-state index contributed by atoms with van der Waals surface area (Å²) in [6.07, 6.45) is 35.6. The smallest absolute Gasteiger partial charge is 0.143 e. The van der Waals surface area contributed by atoms with Crippen LogP contribution in [0.3, 0.4) is 0 Å². The quantitative estimate of drug-likeness (QED) is 0.0384. The maximum atomic E-state index is 7.03. The van der Waals surface area contributed by atoms with Gasteiger partial charge in [-0.15, -0.1) is 0 Å². The molecule has 0 aliphatic heterocycles. The highest BCUT2D eigenvalue weighted by molar-refractivity contribution is 6.19. The van der Waals surface area contributed by atoms with Crippen molar-refractivity contribution in [2.75, 3.05) is 4.90 Å². The number of nitrogens with zero attached hydrogens (tertiary/aromatic N) is 1. The Morgan fingerprint density at radius 3 is 1.30 bits per heavy atom. The topological polar surface area (TPSA) is 29.5 Å². The maximum Gasteiger partial charge on any atom is 0.143 e. The van der Waals surface area contributed by atoms with E-state index in [1.807, 2.05) is 0 Å². The SMILES string of the molecule is CCCCCCCCC1(CCCCCCCC)c2cc(N(c3ccccc3)c3ccc4c(c3)C(C)(C)c3cc(-c5ccc(-c6ccccc6)cc5)c5oc6ccccc6c5c3-4)ccc2-c2cc3c(cc21)-c1c(ccc2oc4ccccc4c12)C3(CCCCCCCC)CCCCCCCC. The highest BCUT2D eigenvalue weighted by Gasteiger charge is 2.49. The lowest BCUT2D eigenvalue weighted by Crippen LogP contribution is -2.27. The van der Waals surface area contributed by atoms with Gasteiger partial charge in [-0.05, 0) is 182 Å². The number of benzene rings is 10. The fourth-order valence-electron chi connectivity index (χ4n) is 19.0. The summed E-state index contributed by atoms with van der Waals surface area (Å²) >= 11 is 0. The lowest BCUT2D eigenvalue weighted by atomic mass is 9.68. The molecule has 0 radical (unpaired) electrons. The van der Waals surface area contributed by atoms with Gasteiger partial charge in [-0.1, -0.05) is 323 Å². The van der Waals surface area contributed by atoms with Crippen molar-refractivity contribution in [1.29, 1.82) is 0 Å². The van der Waals surface area contributed by atoms with E-state index >= 15 is 0 Å². The van der Waals surface area contributed by atoms with Gasteiger partial charge in [-0.2, -0.15) is 0 Å². The van der Waals surface area contributed by atoms with Crippen LogP contribution in [0, 0.1) is 0 Å². The molecule has 3 aliphatic carbocycles. The summed E-state index contributed by atoms with van der Waals surface area (Å²) in [7, 11) is 0. The van der Waals surface area contributed by atoms with E-state index in [1.54, 1.807) is 22.3 Å². The number of hydrogen-bond donors (Lipinski definition) is 0. The number of rotatable bonds is 33. The van der Waals surface area contributed by atoms with Crippen LogP contribution < -0.4 is 4.90 Å². The summed E-state index contributed by atoms with van der Waals surface area (Å²) in [5.41, 5.74) is 29.1. The highest BCUT2D eigenvalue weighted by Crippen LogP contribution is 2.64. The van der Waals surface area contributed by atoms with Crippen molar-refractivity contribution >= 4 is 60.9 Å². The molecule has 0 fully saturated rings. The average Bonchev–Trinajstić information content (AvgIpc) is 1.53. The van der Waals surface area contributed by atoms with Gasteiger partial charge >= 0.3 is 0 Å². The Kier molecular flexibility index (Phi) is 20.0. The van der Waals surface area contributed by atoms with Gasteiger partial charge in [0.25, 0.3) is 0 Å². The molecular weight excluding hydrogens is 1210 g/mol. The zero-order valence-electron chi connectivity index (χ0n) is 61.1. The molecule has 0 unspecified atom stereocenters. The molecule has 15 rings (SSSR count). The molecule has 0 amide bonds. The molecule has 512 valence electrons. The van der Waals surface area contributed by atoms with E-state index in [9.17, 15) is 0 Å². The van der Waals surface area contributed by atoms with E-state index in [4.69, 9.17) is 8.83 Å². The fraction of sp³-hybridized carbons (Fsp3) is 0.381. The third-order valence-electron chi connectivity index (χ3n) is 24.3. The van der Waals surface area contributed by atoms with E-state index in [1.165, 1.54) is 261 Å². The summed E-state index contributed by atoms with van der Waals surface area (Å²) < 4.78 is 14.0. The number of anilines is 3. The van der Waals surface area contributed by atoms with Crippen LogP contribution in [0.4, 0.5) is 17.1 Å². The van der Waals surface area contributed by atoms with E-state index in [-0.39, 0.29) is 16.2 Å². The molecule has 12 aromatic rings. The first-order valence-electron chi connectivity index (χ1n) is 39.6. The van der Waals surface area contributed by atoms with Crippen molar-refractivity contribution in [3.63, 3.8) is 0 Å². The molecule has 2 aromatic heterocycles. The molecule has 0 saturated carbocycles. The summed E-state index contributed by atoms with van der Waals surface area (Å²) in [6.45, 7) is 14.3.